The summed E-state index contributed by atoms with van der Waals surface area (Å²) in [6, 6.07) is 6.01. The summed E-state index contributed by atoms with van der Waals surface area (Å²) >= 11 is 0. The fourth-order valence-electron chi connectivity index (χ4n) is 2.74. The van der Waals surface area contributed by atoms with Gasteiger partial charge >= 0.3 is 0 Å². The van der Waals surface area contributed by atoms with E-state index in [1.807, 2.05) is 13.8 Å². The number of hydrogen-bond acceptors (Lipinski definition) is 6. The van der Waals surface area contributed by atoms with E-state index in [1.165, 1.54) is 36.1 Å². The molecule has 0 saturated heterocycles. The number of aliphatic hydroxyl groups excluding tert-OH is 1. The number of carbonyl (C=O) groups excluding carboxylic acids is 1. The zero-order chi connectivity index (χ0) is 22.3. The molecule has 0 bridgehead atoms. The number of nitrogens with zero attached hydrogens (tertiary/aromatic N) is 1. The van der Waals surface area contributed by atoms with Gasteiger partial charge in [-0.25, -0.2) is 9.87 Å². The lowest BCUT2D eigenvalue weighted by atomic mass is 10.1. The van der Waals surface area contributed by atoms with Crippen LogP contribution in [0.25, 0.3) is 11.0 Å². The predicted octanol–water partition coefficient (Wildman–Crippen LogP) is 3.39. The molecule has 9 heteroatoms. The zero-order valence-corrected chi connectivity index (χ0v) is 17.4. The van der Waals surface area contributed by atoms with Crippen LogP contribution >= 0.6 is 0 Å². The first-order valence-electron chi connectivity index (χ1n) is 9.60. The minimum Gasteiger partial charge on any atom is -0.463 e. The number of halogens is 1. The third kappa shape index (κ3) is 4.87. The minimum atomic E-state index is -0.677. The van der Waals surface area contributed by atoms with E-state index in [2.05, 4.69) is 10.8 Å². The molecule has 0 unspecified atom stereocenters. The summed E-state index contributed by atoms with van der Waals surface area (Å²) < 4.78 is 20.9. The second-order valence-corrected chi connectivity index (χ2v) is 6.22. The third-order valence-corrected chi connectivity index (χ3v) is 4.17. The smallest absolute Gasteiger partial charge is 0.282 e. The van der Waals surface area contributed by atoms with Crippen molar-refractivity contribution in [2.45, 2.75) is 27.2 Å². The van der Waals surface area contributed by atoms with Gasteiger partial charge in [-0.3, -0.25) is 19.0 Å². The molecule has 0 aliphatic heterocycles. The van der Waals surface area contributed by atoms with Crippen molar-refractivity contribution in [2.24, 2.45) is 7.05 Å². The third-order valence-electron chi connectivity index (χ3n) is 4.17. The number of aromatic nitrogens is 1. The van der Waals surface area contributed by atoms with E-state index in [-0.39, 0.29) is 41.3 Å². The van der Waals surface area contributed by atoms with Crippen LogP contribution in [-0.2, 0) is 11.9 Å². The van der Waals surface area contributed by atoms with Gasteiger partial charge in [0, 0.05) is 13.7 Å². The van der Waals surface area contributed by atoms with Crippen molar-refractivity contribution in [3.8, 4) is 0 Å². The highest BCUT2D eigenvalue weighted by atomic mass is 19.1. The van der Waals surface area contributed by atoms with E-state index in [0.29, 0.717) is 6.42 Å². The number of hydrogen-bond donors (Lipinski definition) is 3. The fourth-order valence-corrected chi connectivity index (χ4v) is 2.74. The maximum Gasteiger partial charge on any atom is 0.282 e. The van der Waals surface area contributed by atoms with Gasteiger partial charge in [0.05, 0.1) is 23.9 Å². The number of furan rings is 1. The van der Waals surface area contributed by atoms with Crippen molar-refractivity contribution in [1.82, 2.24) is 10.0 Å². The number of aliphatic hydroxyl groups is 1. The van der Waals surface area contributed by atoms with E-state index >= 15 is 0 Å². The number of pyridine rings is 1. The number of anilines is 2. The van der Waals surface area contributed by atoms with Gasteiger partial charge in [-0.1, -0.05) is 19.9 Å². The van der Waals surface area contributed by atoms with Crippen molar-refractivity contribution in [3.63, 3.8) is 0 Å². The molecule has 0 radical (unpaired) electrons. The van der Waals surface area contributed by atoms with Gasteiger partial charge in [0.25, 0.3) is 11.5 Å². The highest BCUT2D eigenvalue weighted by Gasteiger charge is 2.24. The van der Waals surface area contributed by atoms with Crippen LogP contribution < -0.4 is 16.4 Å². The SMILES string of the molecule is CC.Cc1ccc(Nc2c(C(=O)NOCCCO)c3occc3c(=O)n2C)c(F)c1. The van der Waals surface area contributed by atoms with Crippen LogP contribution in [0.2, 0.25) is 0 Å². The first-order valence-corrected chi connectivity index (χ1v) is 9.60. The van der Waals surface area contributed by atoms with Crippen LogP contribution in [0.5, 0.6) is 0 Å². The summed E-state index contributed by atoms with van der Waals surface area (Å²) in [6.07, 6.45) is 1.63. The monoisotopic (exact) mass is 419 g/mol. The topological polar surface area (TPSA) is 106 Å². The minimum absolute atomic E-state index is 0.00827. The van der Waals surface area contributed by atoms with Crippen LogP contribution in [-0.4, -0.2) is 28.8 Å². The molecule has 2 heterocycles. The summed E-state index contributed by atoms with van der Waals surface area (Å²) in [5.41, 5.74) is 2.72. The average Bonchev–Trinajstić information content (AvgIpc) is 3.22. The van der Waals surface area contributed by atoms with Gasteiger partial charge in [-0.15, -0.1) is 0 Å². The number of fused-ring (bicyclic) bond motifs is 1. The van der Waals surface area contributed by atoms with Crippen molar-refractivity contribution in [3.05, 3.63) is 57.8 Å². The maximum atomic E-state index is 14.3. The molecule has 162 valence electrons. The standard InChI is InChI=1S/C19H20FN3O5.C2H6/c1-11-4-5-14(13(20)10-11)21-17-15(18(25)22-28-8-3-7-24)16-12(6-9-27-16)19(26)23(17)2;1-2/h4-6,9-10,21,24H,3,7-8H2,1-2H3,(H,22,25);1-2H3. The lowest BCUT2D eigenvalue weighted by Crippen LogP contribution is -2.29. The Bertz CT molecular complexity index is 1070. The Morgan fingerprint density at radius 2 is 2.03 bits per heavy atom. The normalized spacial score (nSPS) is 10.5. The average molecular weight is 419 g/mol. The summed E-state index contributed by atoms with van der Waals surface area (Å²) in [5.74, 6) is -1.15. The van der Waals surface area contributed by atoms with Gasteiger partial charge in [0.15, 0.2) is 5.58 Å². The van der Waals surface area contributed by atoms with Crippen LogP contribution in [0.1, 0.15) is 36.2 Å². The Labute approximate surface area is 173 Å². The summed E-state index contributed by atoms with van der Waals surface area (Å²) in [7, 11) is 1.46. The van der Waals surface area contributed by atoms with Crippen molar-refractivity contribution in [2.75, 3.05) is 18.5 Å². The predicted molar refractivity (Wildman–Crippen MR) is 112 cm³/mol. The molecule has 0 aliphatic rings. The van der Waals surface area contributed by atoms with Crippen LogP contribution in [0.3, 0.4) is 0 Å². The number of aryl methyl sites for hydroxylation is 1. The van der Waals surface area contributed by atoms with Crippen LogP contribution in [0.4, 0.5) is 15.9 Å². The molecule has 0 fully saturated rings. The first kappa shape index (κ1) is 23.1. The van der Waals surface area contributed by atoms with Gasteiger partial charge in [-0.05, 0) is 37.1 Å². The zero-order valence-electron chi connectivity index (χ0n) is 17.4. The van der Waals surface area contributed by atoms with Gasteiger partial charge < -0.3 is 14.8 Å². The lowest BCUT2D eigenvalue weighted by molar-refractivity contribution is 0.0262. The number of hydroxylamine groups is 1. The van der Waals surface area contributed by atoms with Crippen molar-refractivity contribution < 1.29 is 23.5 Å². The largest absolute Gasteiger partial charge is 0.463 e. The fraction of sp³-hybridized carbons (Fsp3) is 0.333. The molecule has 1 amide bonds. The Morgan fingerprint density at radius 1 is 1.30 bits per heavy atom. The Balaban J connectivity index is 0.00000155. The van der Waals surface area contributed by atoms with Gasteiger partial charge in [0.2, 0.25) is 0 Å². The molecule has 2 aromatic heterocycles. The first-order chi connectivity index (χ1) is 14.4. The van der Waals surface area contributed by atoms with E-state index in [0.717, 1.165) is 5.56 Å². The van der Waals surface area contributed by atoms with Crippen LogP contribution in [0, 0.1) is 12.7 Å². The molecular weight excluding hydrogens is 393 g/mol. The van der Waals surface area contributed by atoms with Crippen molar-refractivity contribution in [1.29, 1.82) is 0 Å². The highest BCUT2D eigenvalue weighted by Crippen LogP contribution is 2.28. The number of benzene rings is 1. The molecule has 8 nitrogen and oxygen atoms in total. The van der Waals surface area contributed by atoms with Crippen molar-refractivity contribution >= 4 is 28.4 Å². The quantitative estimate of drug-likeness (QED) is 0.400. The molecule has 0 aliphatic carbocycles. The molecule has 0 atom stereocenters. The van der Waals surface area contributed by atoms with E-state index < -0.39 is 17.3 Å². The molecule has 0 saturated carbocycles. The molecule has 3 rings (SSSR count). The molecule has 0 spiro atoms. The van der Waals surface area contributed by atoms with Gasteiger partial charge in [-0.2, -0.15) is 0 Å². The Kier molecular flexibility index (Phi) is 8.14. The second-order valence-electron chi connectivity index (χ2n) is 6.22. The molecule has 3 aromatic rings. The van der Waals surface area contributed by atoms with Crippen LogP contribution in [0.15, 0.2) is 39.7 Å². The molecule has 30 heavy (non-hydrogen) atoms. The number of nitrogens with one attached hydrogen (secondary N) is 2. The molecule has 1 aromatic carbocycles. The lowest BCUT2D eigenvalue weighted by Gasteiger charge is -2.17. The Hall–Kier alpha value is -3.17. The van der Waals surface area contributed by atoms with Gasteiger partial charge in [0.1, 0.15) is 17.2 Å². The summed E-state index contributed by atoms with van der Waals surface area (Å²) in [4.78, 5) is 30.4. The van der Waals surface area contributed by atoms with E-state index in [9.17, 15) is 14.0 Å². The molecular formula is C21H26FN3O5. The highest BCUT2D eigenvalue weighted by molar-refractivity contribution is 6.09. The summed E-state index contributed by atoms with van der Waals surface area (Å²) in [5, 5.41) is 11.8. The summed E-state index contributed by atoms with van der Waals surface area (Å²) in [6.45, 7) is 5.77. The maximum absolute atomic E-state index is 14.3. The van der Waals surface area contributed by atoms with E-state index in [1.54, 1.807) is 13.0 Å². The number of carbonyl (C=O) groups is 1. The Morgan fingerprint density at radius 3 is 2.70 bits per heavy atom. The second kappa shape index (κ2) is 10.6. The molecule has 3 N–H and O–H groups in total. The van der Waals surface area contributed by atoms with E-state index in [4.69, 9.17) is 14.4 Å². The number of amides is 1. The number of rotatable bonds is 7.